The van der Waals surface area contributed by atoms with Gasteiger partial charge >= 0.3 is 0 Å². The smallest absolute Gasteiger partial charge is 0.112 e. The standard InChI is InChI=1S/C13H22FN/c1-9(7-15)12-3-10-2-11(4-12)6-13(14,5-10)8-12/h9-11H,2-8,15H2,1H3. The molecule has 2 N–H and O–H groups in total. The maximum absolute atomic E-state index is 14.6. The fourth-order valence-electron chi connectivity index (χ4n) is 5.05. The van der Waals surface area contributed by atoms with Crippen LogP contribution < -0.4 is 5.73 Å². The number of rotatable bonds is 2. The average molecular weight is 211 g/mol. The minimum absolute atomic E-state index is 0.271. The van der Waals surface area contributed by atoms with Gasteiger partial charge in [-0.25, -0.2) is 4.39 Å². The Hall–Kier alpha value is -0.110. The average Bonchev–Trinajstić information content (AvgIpc) is 2.12. The summed E-state index contributed by atoms with van der Waals surface area (Å²) in [4.78, 5) is 0. The van der Waals surface area contributed by atoms with Crippen molar-refractivity contribution in [2.45, 2.75) is 51.1 Å². The maximum atomic E-state index is 14.6. The maximum Gasteiger partial charge on any atom is 0.112 e. The lowest BCUT2D eigenvalue weighted by Gasteiger charge is -2.61. The van der Waals surface area contributed by atoms with E-state index in [1.165, 1.54) is 19.3 Å². The lowest BCUT2D eigenvalue weighted by molar-refractivity contribution is -0.142. The Morgan fingerprint density at radius 3 is 2.33 bits per heavy atom. The van der Waals surface area contributed by atoms with Crippen molar-refractivity contribution in [1.29, 1.82) is 0 Å². The van der Waals surface area contributed by atoms with Crippen molar-refractivity contribution in [3.63, 3.8) is 0 Å². The Labute approximate surface area is 91.6 Å². The van der Waals surface area contributed by atoms with E-state index in [0.717, 1.165) is 25.8 Å². The molecule has 4 saturated carbocycles. The van der Waals surface area contributed by atoms with Gasteiger partial charge in [-0.05, 0) is 68.2 Å². The van der Waals surface area contributed by atoms with Crippen LogP contribution in [0.2, 0.25) is 0 Å². The van der Waals surface area contributed by atoms with Crippen molar-refractivity contribution in [3.8, 4) is 0 Å². The van der Waals surface area contributed by atoms with Gasteiger partial charge in [-0.15, -0.1) is 0 Å². The van der Waals surface area contributed by atoms with Crippen LogP contribution >= 0.6 is 0 Å². The first-order valence-electron chi connectivity index (χ1n) is 6.44. The van der Waals surface area contributed by atoms with E-state index in [4.69, 9.17) is 5.73 Å². The predicted molar refractivity (Wildman–Crippen MR) is 59.2 cm³/mol. The van der Waals surface area contributed by atoms with E-state index in [9.17, 15) is 4.39 Å². The van der Waals surface area contributed by atoms with Crippen molar-refractivity contribution >= 4 is 0 Å². The molecule has 3 atom stereocenters. The van der Waals surface area contributed by atoms with Gasteiger partial charge in [0.2, 0.25) is 0 Å². The number of nitrogens with two attached hydrogens (primary N) is 1. The van der Waals surface area contributed by atoms with Crippen molar-refractivity contribution < 1.29 is 4.39 Å². The van der Waals surface area contributed by atoms with Gasteiger partial charge < -0.3 is 5.73 Å². The van der Waals surface area contributed by atoms with E-state index >= 15 is 0 Å². The summed E-state index contributed by atoms with van der Waals surface area (Å²) in [7, 11) is 0. The van der Waals surface area contributed by atoms with Crippen LogP contribution in [0.25, 0.3) is 0 Å². The molecule has 0 aromatic rings. The van der Waals surface area contributed by atoms with E-state index < -0.39 is 5.67 Å². The molecule has 3 unspecified atom stereocenters. The highest BCUT2D eigenvalue weighted by Crippen LogP contribution is 2.65. The van der Waals surface area contributed by atoms with Crippen LogP contribution in [0.4, 0.5) is 4.39 Å². The Morgan fingerprint density at radius 1 is 1.27 bits per heavy atom. The predicted octanol–water partition coefficient (Wildman–Crippen LogP) is 2.89. The van der Waals surface area contributed by atoms with Gasteiger partial charge in [0.15, 0.2) is 0 Å². The molecule has 4 aliphatic carbocycles. The first kappa shape index (κ1) is 10.1. The number of alkyl halides is 1. The van der Waals surface area contributed by atoms with E-state index in [0.29, 0.717) is 17.8 Å². The molecule has 0 radical (unpaired) electrons. The summed E-state index contributed by atoms with van der Waals surface area (Å²) in [6.07, 6.45) is 6.32. The number of hydrogen-bond donors (Lipinski definition) is 1. The summed E-state index contributed by atoms with van der Waals surface area (Å²) in [6.45, 7) is 2.96. The zero-order valence-corrected chi connectivity index (χ0v) is 9.64. The fourth-order valence-corrected chi connectivity index (χ4v) is 5.05. The van der Waals surface area contributed by atoms with Gasteiger partial charge in [0.25, 0.3) is 0 Å². The van der Waals surface area contributed by atoms with E-state index in [1.807, 2.05) is 0 Å². The molecule has 0 aliphatic heterocycles. The van der Waals surface area contributed by atoms with Gasteiger partial charge in [0.1, 0.15) is 5.67 Å². The molecule has 15 heavy (non-hydrogen) atoms. The summed E-state index contributed by atoms with van der Waals surface area (Å²) in [5, 5.41) is 0. The van der Waals surface area contributed by atoms with Gasteiger partial charge in [-0.1, -0.05) is 6.92 Å². The SMILES string of the molecule is CC(CN)C12CC3CC(CC(F)(C3)C1)C2. The first-order valence-corrected chi connectivity index (χ1v) is 6.44. The van der Waals surface area contributed by atoms with Gasteiger partial charge in [0.05, 0.1) is 0 Å². The van der Waals surface area contributed by atoms with E-state index in [2.05, 4.69) is 6.92 Å². The zero-order valence-electron chi connectivity index (χ0n) is 9.64. The molecule has 4 bridgehead atoms. The minimum atomic E-state index is -0.812. The molecule has 0 amide bonds. The molecule has 4 aliphatic rings. The summed E-state index contributed by atoms with van der Waals surface area (Å²) >= 11 is 0. The quantitative estimate of drug-likeness (QED) is 0.746. The zero-order chi connectivity index (χ0) is 10.7. The van der Waals surface area contributed by atoms with Gasteiger partial charge in [0, 0.05) is 0 Å². The second-order valence-corrected chi connectivity index (χ2v) is 6.61. The minimum Gasteiger partial charge on any atom is -0.330 e. The highest BCUT2D eigenvalue weighted by atomic mass is 19.1. The van der Waals surface area contributed by atoms with Crippen molar-refractivity contribution in [3.05, 3.63) is 0 Å². The molecule has 0 saturated heterocycles. The molecule has 0 heterocycles. The lowest BCUT2D eigenvalue weighted by Crippen LogP contribution is -2.56. The second-order valence-electron chi connectivity index (χ2n) is 6.61. The summed E-state index contributed by atoms with van der Waals surface area (Å²) in [6, 6.07) is 0. The van der Waals surface area contributed by atoms with Crippen LogP contribution in [0.1, 0.15) is 45.4 Å². The Balaban J connectivity index is 1.92. The number of halogens is 1. The van der Waals surface area contributed by atoms with Crippen molar-refractivity contribution in [1.82, 2.24) is 0 Å². The normalized spacial score (nSPS) is 54.6. The third-order valence-electron chi connectivity index (χ3n) is 5.43. The van der Waals surface area contributed by atoms with Crippen molar-refractivity contribution in [2.24, 2.45) is 28.9 Å². The number of hydrogen-bond acceptors (Lipinski definition) is 1. The van der Waals surface area contributed by atoms with Gasteiger partial charge in [-0.3, -0.25) is 0 Å². The second kappa shape index (κ2) is 2.97. The molecule has 1 nitrogen and oxygen atoms in total. The summed E-state index contributed by atoms with van der Waals surface area (Å²) in [5.74, 6) is 1.86. The fraction of sp³-hybridized carbons (Fsp3) is 1.00. The van der Waals surface area contributed by atoms with Crippen molar-refractivity contribution in [2.75, 3.05) is 6.54 Å². The Morgan fingerprint density at radius 2 is 1.87 bits per heavy atom. The highest BCUT2D eigenvalue weighted by Gasteiger charge is 2.59. The summed E-state index contributed by atoms with van der Waals surface area (Å²) < 4.78 is 14.6. The van der Waals surface area contributed by atoms with Crippen LogP contribution in [0.5, 0.6) is 0 Å². The molecular formula is C13H22FN. The van der Waals surface area contributed by atoms with Crippen LogP contribution in [-0.2, 0) is 0 Å². The molecule has 0 aromatic carbocycles. The Kier molecular flexibility index (Phi) is 1.99. The molecule has 86 valence electrons. The van der Waals surface area contributed by atoms with E-state index in [1.54, 1.807) is 0 Å². The summed E-state index contributed by atoms with van der Waals surface area (Å²) in [5.41, 5.74) is 5.27. The van der Waals surface area contributed by atoms with Crippen LogP contribution in [0, 0.1) is 23.2 Å². The molecule has 2 heteroatoms. The molecule has 0 spiro atoms. The van der Waals surface area contributed by atoms with Crippen LogP contribution in [0.15, 0.2) is 0 Å². The molecule has 4 fully saturated rings. The lowest BCUT2D eigenvalue weighted by atomic mass is 9.46. The molecular weight excluding hydrogens is 189 g/mol. The van der Waals surface area contributed by atoms with E-state index in [-0.39, 0.29) is 5.41 Å². The topological polar surface area (TPSA) is 26.0 Å². The van der Waals surface area contributed by atoms with Crippen LogP contribution in [-0.4, -0.2) is 12.2 Å². The molecule has 0 aromatic heterocycles. The van der Waals surface area contributed by atoms with Gasteiger partial charge in [-0.2, -0.15) is 0 Å². The highest BCUT2D eigenvalue weighted by molar-refractivity contribution is 5.09. The molecule has 4 rings (SSSR count). The Bertz CT molecular complexity index is 262. The third kappa shape index (κ3) is 1.37. The van der Waals surface area contributed by atoms with Crippen LogP contribution in [0.3, 0.4) is 0 Å². The first-order chi connectivity index (χ1) is 7.05. The third-order valence-corrected chi connectivity index (χ3v) is 5.43. The largest absolute Gasteiger partial charge is 0.330 e. The monoisotopic (exact) mass is 211 g/mol.